The lowest BCUT2D eigenvalue weighted by Gasteiger charge is -2.34. The molecule has 0 atom stereocenters. The lowest BCUT2D eigenvalue weighted by atomic mass is 10.3. The predicted molar refractivity (Wildman–Crippen MR) is 102 cm³/mol. The lowest BCUT2D eigenvalue weighted by molar-refractivity contribution is -0.132. The van der Waals surface area contributed by atoms with E-state index in [9.17, 15) is 13.2 Å². The van der Waals surface area contributed by atoms with E-state index in [1.165, 1.54) is 4.31 Å². The smallest absolute Gasteiger partial charge is 0.246 e. The van der Waals surface area contributed by atoms with Gasteiger partial charge >= 0.3 is 0 Å². The molecule has 27 heavy (non-hydrogen) atoms. The van der Waals surface area contributed by atoms with E-state index in [0.29, 0.717) is 50.5 Å². The van der Waals surface area contributed by atoms with Crippen LogP contribution in [-0.2, 0) is 21.4 Å². The third kappa shape index (κ3) is 3.79. The van der Waals surface area contributed by atoms with Crippen molar-refractivity contribution in [3.8, 4) is 0 Å². The highest BCUT2D eigenvalue weighted by molar-refractivity contribution is 7.89. The largest absolute Gasteiger partial charge is 0.349 e. The van der Waals surface area contributed by atoms with E-state index in [4.69, 9.17) is 0 Å². The number of aryl methyl sites for hydroxylation is 4. The molecule has 2 aromatic heterocycles. The Bertz CT molecular complexity index is 897. The zero-order valence-electron chi connectivity index (χ0n) is 16.3. The van der Waals surface area contributed by atoms with E-state index in [1.807, 2.05) is 26.0 Å². The van der Waals surface area contributed by atoms with Crippen molar-refractivity contribution >= 4 is 15.9 Å². The number of piperazine rings is 1. The van der Waals surface area contributed by atoms with Gasteiger partial charge in [-0.1, -0.05) is 0 Å². The number of aromatic amines is 1. The number of aromatic nitrogens is 3. The third-order valence-corrected chi connectivity index (χ3v) is 7.38. The van der Waals surface area contributed by atoms with Crippen molar-refractivity contribution in [1.29, 1.82) is 0 Å². The first kappa shape index (κ1) is 19.6. The Labute approximate surface area is 160 Å². The summed E-state index contributed by atoms with van der Waals surface area (Å²) >= 11 is 0. The maximum atomic E-state index is 12.9. The molecule has 1 aliphatic heterocycles. The standard InChI is InChI=1S/C18H27N5O3S/c1-13-5-6-14(2)23(13)8-7-17(24)21-9-11-22(12-10-21)27(25,26)18-15(3)19-20-16(18)4/h5-6H,7-12H2,1-4H3,(H,19,20). The molecule has 0 unspecified atom stereocenters. The fraction of sp³-hybridized carbons (Fsp3) is 0.556. The fourth-order valence-electron chi connectivity index (χ4n) is 3.65. The van der Waals surface area contributed by atoms with Gasteiger partial charge in [-0.3, -0.25) is 9.89 Å². The molecule has 0 aliphatic carbocycles. The Hall–Kier alpha value is -2.13. The molecule has 1 saturated heterocycles. The highest BCUT2D eigenvalue weighted by Crippen LogP contribution is 2.23. The van der Waals surface area contributed by atoms with Gasteiger partial charge in [0.15, 0.2) is 0 Å². The Morgan fingerprint density at radius 1 is 1.07 bits per heavy atom. The van der Waals surface area contributed by atoms with Crippen molar-refractivity contribution in [2.24, 2.45) is 0 Å². The van der Waals surface area contributed by atoms with Crippen LogP contribution in [0.2, 0.25) is 0 Å². The van der Waals surface area contributed by atoms with Crippen LogP contribution >= 0.6 is 0 Å². The zero-order valence-corrected chi connectivity index (χ0v) is 17.1. The average molecular weight is 394 g/mol. The molecule has 8 nitrogen and oxygen atoms in total. The molecule has 0 bridgehead atoms. The van der Waals surface area contributed by atoms with Gasteiger partial charge in [-0.25, -0.2) is 8.42 Å². The molecule has 3 heterocycles. The van der Waals surface area contributed by atoms with Crippen molar-refractivity contribution in [3.63, 3.8) is 0 Å². The summed E-state index contributed by atoms with van der Waals surface area (Å²) in [7, 11) is -3.59. The first-order valence-corrected chi connectivity index (χ1v) is 10.6. The molecule has 0 spiro atoms. The molecule has 9 heteroatoms. The van der Waals surface area contributed by atoms with Crippen molar-refractivity contribution in [1.82, 2.24) is 24.0 Å². The van der Waals surface area contributed by atoms with Crippen LogP contribution in [0.15, 0.2) is 17.0 Å². The molecule has 1 aliphatic rings. The molecule has 0 saturated carbocycles. The molecule has 148 valence electrons. The number of rotatable bonds is 5. The van der Waals surface area contributed by atoms with E-state index < -0.39 is 10.0 Å². The van der Waals surface area contributed by atoms with E-state index >= 15 is 0 Å². The van der Waals surface area contributed by atoms with Crippen LogP contribution in [-0.4, -0.2) is 64.5 Å². The summed E-state index contributed by atoms with van der Waals surface area (Å²) in [4.78, 5) is 14.5. The number of carbonyl (C=O) groups excluding carboxylic acids is 1. The topological polar surface area (TPSA) is 91.3 Å². The number of hydrogen-bond acceptors (Lipinski definition) is 4. The molecule has 1 amide bonds. The van der Waals surface area contributed by atoms with Crippen molar-refractivity contribution in [2.75, 3.05) is 26.2 Å². The molecule has 1 N–H and O–H groups in total. The van der Waals surface area contributed by atoms with Crippen molar-refractivity contribution in [3.05, 3.63) is 34.9 Å². The Morgan fingerprint density at radius 2 is 1.67 bits per heavy atom. The van der Waals surface area contributed by atoms with Gasteiger partial charge in [-0.15, -0.1) is 0 Å². The molecular weight excluding hydrogens is 366 g/mol. The maximum absolute atomic E-state index is 12.9. The highest BCUT2D eigenvalue weighted by Gasteiger charge is 2.33. The number of nitrogens with one attached hydrogen (secondary N) is 1. The summed E-state index contributed by atoms with van der Waals surface area (Å²) in [5.41, 5.74) is 3.30. The first-order chi connectivity index (χ1) is 12.7. The van der Waals surface area contributed by atoms with Gasteiger partial charge in [-0.05, 0) is 39.8 Å². The number of sulfonamides is 1. The quantitative estimate of drug-likeness (QED) is 0.830. The second-order valence-electron chi connectivity index (χ2n) is 7.07. The minimum absolute atomic E-state index is 0.0650. The SMILES string of the molecule is Cc1n[nH]c(C)c1S(=O)(=O)N1CCN(C(=O)CCn2c(C)ccc2C)CC1. The Morgan fingerprint density at radius 3 is 2.19 bits per heavy atom. The summed E-state index contributed by atoms with van der Waals surface area (Å²) < 4.78 is 29.3. The number of H-pyrrole nitrogens is 1. The monoisotopic (exact) mass is 393 g/mol. The number of hydrogen-bond donors (Lipinski definition) is 1. The summed E-state index contributed by atoms with van der Waals surface area (Å²) in [6.45, 7) is 9.53. The molecule has 1 fully saturated rings. The van der Waals surface area contributed by atoms with Crippen LogP contribution in [0.25, 0.3) is 0 Å². The lowest BCUT2D eigenvalue weighted by Crippen LogP contribution is -2.50. The summed E-state index contributed by atoms with van der Waals surface area (Å²) in [5, 5.41) is 6.71. The van der Waals surface area contributed by atoms with Crippen LogP contribution in [0.1, 0.15) is 29.2 Å². The van der Waals surface area contributed by atoms with Gasteiger partial charge in [0, 0.05) is 50.5 Å². The molecule has 2 aromatic rings. The first-order valence-electron chi connectivity index (χ1n) is 9.14. The van der Waals surface area contributed by atoms with Gasteiger partial charge in [0.25, 0.3) is 0 Å². The van der Waals surface area contributed by atoms with Crippen molar-refractivity contribution < 1.29 is 13.2 Å². The van der Waals surface area contributed by atoms with Gasteiger partial charge in [0.1, 0.15) is 4.90 Å². The molecular formula is C18H27N5O3S. The van der Waals surface area contributed by atoms with E-state index in [1.54, 1.807) is 18.7 Å². The second kappa shape index (κ2) is 7.47. The Balaban J connectivity index is 1.59. The van der Waals surface area contributed by atoms with Gasteiger partial charge in [0.05, 0.1) is 11.4 Å². The van der Waals surface area contributed by atoms with Crippen molar-refractivity contribution in [2.45, 2.75) is 45.6 Å². The summed E-state index contributed by atoms with van der Waals surface area (Å²) in [6.07, 6.45) is 0.420. The second-order valence-corrected chi connectivity index (χ2v) is 8.94. The van der Waals surface area contributed by atoms with Gasteiger partial charge in [0.2, 0.25) is 15.9 Å². The predicted octanol–water partition coefficient (Wildman–Crippen LogP) is 1.37. The van der Waals surface area contributed by atoms with Crippen LogP contribution in [0.4, 0.5) is 0 Å². The summed E-state index contributed by atoms with van der Waals surface area (Å²) in [5.74, 6) is 0.0650. The fourth-order valence-corrected chi connectivity index (χ4v) is 5.40. The van der Waals surface area contributed by atoms with Gasteiger partial charge in [-0.2, -0.15) is 9.40 Å². The third-order valence-electron chi connectivity index (χ3n) is 5.22. The summed E-state index contributed by atoms with van der Waals surface area (Å²) in [6, 6.07) is 4.09. The van der Waals surface area contributed by atoms with E-state index in [0.717, 1.165) is 11.4 Å². The van der Waals surface area contributed by atoms with Crippen LogP contribution < -0.4 is 0 Å². The van der Waals surface area contributed by atoms with Crippen LogP contribution in [0.3, 0.4) is 0 Å². The zero-order chi connectivity index (χ0) is 19.8. The van der Waals surface area contributed by atoms with E-state index in [2.05, 4.69) is 14.8 Å². The number of nitrogens with zero attached hydrogens (tertiary/aromatic N) is 4. The number of amides is 1. The normalized spacial score (nSPS) is 16.1. The number of carbonyl (C=O) groups is 1. The van der Waals surface area contributed by atoms with Gasteiger partial charge < -0.3 is 9.47 Å². The minimum atomic E-state index is -3.59. The molecule has 3 rings (SSSR count). The van der Waals surface area contributed by atoms with Crippen LogP contribution in [0, 0.1) is 27.7 Å². The average Bonchev–Trinajstić information content (AvgIpc) is 3.14. The van der Waals surface area contributed by atoms with Crippen LogP contribution in [0.5, 0.6) is 0 Å². The van der Waals surface area contributed by atoms with E-state index in [-0.39, 0.29) is 10.8 Å². The Kier molecular flexibility index (Phi) is 5.43. The molecule has 0 aromatic carbocycles. The molecule has 0 radical (unpaired) electrons. The minimum Gasteiger partial charge on any atom is -0.349 e. The highest BCUT2D eigenvalue weighted by atomic mass is 32.2. The maximum Gasteiger partial charge on any atom is 0.246 e.